The molecule has 1 fully saturated rings. The van der Waals surface area contributed by atoms with E-state index in [1.54, 1.807) is 0 Å². The standard InChI is InChI=1S/C60H136O16Si8/c1-17-61-81(62-18-2,63-19-3)57-49-41-33-29-37-45-53-77(13)73-78(14,54-46-38-30-34-42-50-58-82(64-20-4,65-21-5)66-22-6)75-80(16,56-48-40-32-36-44-52-60-84(70-26-10,71-27-11)72-28-12)76-79(15,74-77)55-47-39-31-35-43-51-59-83(67-23-7,68-24-8)69-25-9/h17-60H2,1-16H3. The Labute approximate surface area is 527 Å². The molecule has 1 aliphatic heterocycles. The van der Waals surface area contributed by atoms with Gasteiger partial charge in [0, 0.05) is 103 Å². The van der Waals surface area contributed by atoms with Crippen molar-refractivity contribution in [2.45, 2.75) is 312 Å². The first-order chi connectivity index (χ1) is 40.4. The largest absolute Gasteiger partial charge is 0.500 e. The Bertz CT molecular complexity index is 1250. The molecule has 0 spiro atoms. The first kappa shape index (κ1) is 83.1. The predicted molar refractivity (Wildman–Crippen MR) is 363 cm³/mol. The number of hydrogen-bond acceptors (Lipinski definition) is 16. The molecule has 84 heavy (non-hydrogen) atoms. The van der Waals surface area contributed by atoms with Crippen LogP contribution in [0, 0.1) is 0 Å². The molecule has 0 radical (unpaired) electrons. The second kappa shape index (κ2) is 48.8. The van der Waals surface area contributed by atoms with E-state index in [0.29, 0.717) is 79.3 Å². The number of hydrogen-bond donors (Lipinski definition) is 0. The Balaban J connectivity index is 3.34. The second-order valence-electron chi connectivity index (χ2n) is 23.4. The van der Waals surface area contributed by atoms with Crippen LogP contribution in [0.15, 0.2) is 0 Å². The van der Waals surface area contributed by atoms with Gasteiger partial charge in [0.05, 0.1) is 0 Å². The molecule has 1 aliphatic rings. The average molecular weight is 1340 g/mol. The van der Waals surface area contributed by atoms with Crippen LogP contribution in [-0.4, -0.2) is 149 Å². The lowest BCUT2D eigenvalue weighted by atomic mass is 10.1. The summed E-state index contributed by atoms with van der Waals surface area (Å²) in [6.45, 7) is 41.4. The maximum atomic E-state index is 7.76. The Morgan fingerprint density at radius 2 is 0.310 bits per heavy atom. The maximum Gasteiger partial charge on any atom is 0.500 e. The zero-order valence-electron chi connectivity index (χ0n) is 57.6. The van der Waals surface area contributed by atoms with Crippen LogP contribution >= 0.6 is 0 Å². The van der Waals surface area contributed by atoms with Crippen LogP contribution in [-0.2, 0) is 69.6 Å². The third-order valence-corrected chi connectivity index (χ3v) is 47.0. The fraction of sp³-hybridized carbons (Fsp3) is 1.00. The van der Waals surface area contributed by atoms with Gasteiger partial charge in [-0.2, -0.15) is 0 Å². The summed E-state index contributed by atoms with van der Waals surface area (Å²) in [6, 6.07) is 7.38. The molecule has 0 aromatic heterocycles. The van der Waals surface area contributed by atoms with Gasteiger partial charge in [-0.15, -0.1) is 0 Å². The van der Waals surface area contributed by atoms with E-state index in [2.05, 4.69) is 26.2 Å². The van der Waals surface area contributed by atoms with Crippen LogP contribution in [0.4, 0.5) is 0 Å². The van der Waals surface area contributed by atoms with Crippen LogP contribution in [0.25, 0.3) is 0 Å². The smallest absolute Gasteiger partial charge is 0.416 e. The molecule has 0 saturated carbocycles. The van der Waals surface area contributed by atoms with Gasteiger partial charge in [-0.25, -0.2) is 0 Å². The zero-order valence-corrected chi connectivity index (χ0v) is 65.6. The Morgan fingerprint density at radius 3 is 0.440 bits per heavy atom. The Morgan fingerprint density at radius 1 is 0.190 bits per heavy atom. The SMILES string of the molecule is CCO[Si](CCCCCCCC[Si]1(C)O[Si](C)(CCCCCCCC[Si](OCC)(OCC)OCC)O[Si](C)(CCCCCCCC[Si](OCC)(OCC)OCC)O[Si](C)(CCCCCCCC[Si](OCC)(OCC)OCC)O1)(OCC)OCC. The molecule has 1 saturated heterocycles. The fourth-order valence-corrected chi connectivity index (χ4v) is 46.7. The van der Waals surface area contributed by atoms with Gasteiger partial charge >= 0.3 is 69.5 Å². The molecule has 0 amide bonds. The number of rotatable bonds is 60. The lowest BCUT2D eigenvalue weighted by Crippen LogP contribution is -2.67. The highest BCUT2D eigenvalue weighted by atomic mass is 28.5. The van der Waals surface area contributed by atoms with Crippen LogP contribution in [0.5, 0.6) is 0 Å². The zero-order chi connectivity index (χ0) is 62.4. The van der Waals surface area contributed by atoms with Crippen molar-refractivity contribution in [2.24, 2.45) is 0 Å². The normalized spacial score (nSPS) is 21.1. The molecular weight excluding hydrogens is 1200 g/mol. The minimum absolute atomic E-state index is 0.621. The highest BCUT2D eigenvalue weighted by Crippen LogP contribution is 2.40. The highest BCUT2D eigenvalue weighted by Gasteiger charge is 2.56. The summed E-state index contributed by atoms with van der Waals surface area (Å²) in [7, 11) is -21.5. The van der Waals surface area contributed by atoms with Crippen molar-refractivity contribution in [3.8, 4) is 0 Å². The van der Waals surface area contributed by atoms with Gasteiger partial charge < -0.3 is 69.6 Å². The molecule has 0 aromatic carbocycles. The van der Waals surface area contributed by atoms with E-state index >= 15 is 0 Å². The molecule has 0 N–H and O–H groups in total. The van der Waals surface area contributed by atoms with Gasteiger partial charge in [-0.05, 0) is 159 Å². The lowest BCUT2D eigenvalue weighted by Gasteiger charge is -2.50. The molecule has 0 bridgehead atoms. The maximum absolute atomic E-state index is 7.76. The van der Waals surface area contributed by atoms with E-state index in [0.717, 1.165) is 151 Å². The first-order valence-corrected chi connectivity index (χ1v) is 52.7. The monoisotopic (exact) mass is 1340 g/mol. The topological polar surface area (TPSA) is 148 Å². The molecule has 0 atom stereocenters. The third kappa shape index (κ3) is 35.8. The fourth-order valence-electron chi connectivity index (χ4n) is 12.3. The molecule has 16 nitrogen and oxygen atoms in total. The van der Waals surface area contributed by atoms with E-state index in [1.165, 1.54) is 51.4 Å². The van der Waals surface area contributed by atoms with Crippen molar-refractivity contribution in [1.82, 2.24) is 0 Å². The van der Waals surface area contributed by atoms with E-state index in [4.69, 9.17) is 69.6 Å². The summed E-state index contributed by atoms with van der Waals surface area (Å²) < 4.78 is 105. The molecule has 1 rings (SSSR count). The van der Waals surface area contributed by atoms with Crippen LogP contribution in [0.1, 0.15) is 237 Å². The van der Waals surface area contributed by atoms with Crippen molar-refractivity contribution < 1.29 is 69.6 Å². The molecule has 0 aromatic rings. The van der Waals surface area contributed by atoms with E-state index < -0.39 is 69.5 Å². The summed E-state index contributed by atoms with van der Waals surface area (Å²) in [6.07, 6.45) is 27.3. The van der Waals surface area contributed by atoms with Crippen molar-refractivity contribution >= 4 is 69.5 Å². The summed E-state index contributed by atoms with van der Waals surface area (Å²) in [5.74, 6) is 0. The van der Waals surface area contributed by atoms with Crippen molar-refractivity contribution in [1.29, 1.82) is 0 Å². The molecule has 1 heterocycles. The minimum atomic E-state index is -2.75. The van der Waals surface area contributed by atoms with Crippen molar-refractivity contribution in [3.05, 3.63) is 0 Å². The van der Waals surface area contributed by atoms with E-state index in [1.807, 2.05) is 83.1 Å². The molecular formula is C60H136O16Si8. The lowest BCUT2D eigenvalue weighted by molar-refractivity contribution is 0.0698. The van der Waals surface area contributed by atoms with Crippen LogP contribution in [0.3, 0.4) is 0 Å². The highest BCUT2D eigenvalue weighted by molar-refractivity contribution is 6.94. The first-order valence-electron chi connectivity index (χ1n) is 34.9. The third-order valence-electron chi connectivity index (χ3n) is 15.6. The van der Waals surface area contributed by atoms with Crippen LogP contribution < -0.4 is 0 Å². The molecule has 24 heteroatoms. The Kier molecular flexibility index (Phi) is 48.3. The van der Waals surface area contributed by atoms with Crippen molar-refractivity contribution in [3.63, 3.8) is 0 Å². The van der Waals surface area contributed by atoms with Crippen LogP contribution in [0.2, 0.25) is 74.5 Å². The van der Waals surface area contributed by atoms with E-state index in [-0.39, 0.29) is 0 Å². The van der Waals surface area contributed by atoms with E-state index in [9.17, 15) is 0 Å². The summed E-state index contributed by atoms with van der Waals surface area (Å²) in [4.78, 5) is 0. The summed E-state index contributed by atoms with van der Waals surface area (Å²) >= 11 is 0. The second-order valence-corrected chi connectivity index (χ2v) is 48.6. The Hall–Kier alpha value is 1.10. The van der Waals surface area contributed by atoms with Crippen molar-refractivity contribution in [2.75, 3.05) is 79.3 Å². The van der Waals surface area contributed by atoms with Gasteiger partial charge in [-0.3, -0.25) is 0 Å². The molecule has 0 unspecified atom stereocenters. The average Bonchev–Trinajstić information content (AvgIpc) is 1.33. The van der Waals surface area contributed by atoms with Gasteiger partial charge in [0.15, 0.2) is 0 Å². The summed E-state index contributed by atoms with van der Waals surface area (Å²) in [5, 5.41) is 0. The van der Waals surface area contributed by atoms with Gasteiger partial charge in [-0.1, -0.05) is 128 Å². The minimum Gasteiger partial charge on any atom is -0.416 e. The van der Waals surface area contributed by atoms with Gasteiger partial charge in [0.2, 0.25) is 0 Å². The molecule has 504 valence electrons. The van der Waals surface area contributed by atoms with Gasteiger partial charge in [0.25, 0.3) is 0 Å². The van der Waals surface area contributed by atoms with Gasteiger partial charge in [0.1, 0.15) is 0 Å². The summed E-state index contributed by atoms with van der Waals surface area (Å²) in [5.41, 5.74) is 0. The number of unbranched alkanes of at least 4 members (excludes halogenated alkanes) is 20. The quantitative estimate of drug-likeness (QED) is 0.0420. The molecule has 0 aliphatic carbocycles. The predicted octanol–water partition coefficient (Wildman–Crippen LogP) is 17.9.